The van der Waals surface area contributed by atoms with Gasteiger partial charge in [-0.2, -0.15) is 0 Å². The maximum atomic E-state index is 4.70. The van der Waals surface area contributed by atoms with Crippen LogP contribution in [0.4, 0.5) is 0 Å². The van der Waals surface area contributed by atoms with Gasteiger partial charge in [-0.3, -0.25) is 4.99 Å². The van der Waals surface area contributed by atoms with Gasteiger partial charge in [0.15, 0.2) is 0 Å². The van der Waals surface area contributed by atoms with Crippen molar-refractivity contribution >= 4 is 49.4 Å². The van der Waals surface area contributed by atoms with Crippen LogP contribution in [-0.4, -0.2) is 17.3 Å². The van der Waals surface area contributed by atoms with Gasteiger partial charge in [-0.25, -0.2) is 0 Å². The molecule has 49 heavy (non-hydrogen) atoms. The summed E-state index contributed by atoms with van der Waals surface area (Å²) in [6.45, 7) is 0.826. The molecule has 2 heteroatoms. The second-order valence-corrected chi connectivity index (χ2v) is 13.0. The van der Waals surface area contributed by atoms with Crippen molar-refractivity contribution in [3.63, 3.8) is 0 Å². The molecule has 0 atom stereocenters. The zero-order valence-electron chi connectivity index (χ0n) is 27.0. The van der Waals surface area contributed by atoms with Crippen molar-refractivity contribution in [1.29, 1.82) is 0 Å². The number of fused-ring (bicyclic) bond motifs is 6. The second kappa shape index (κ2) is 11.2. The fourth-order valence-electron chi connectivity index (χ4n) is 8.09. The highest BCUT2D eigenvalue weighted by Crippen LogP contribution is 2.45. The largest absolute Gasteiger partial charge is 0.313 e. The van der Waals surface area contributed by atoms with Gasteiger partial charge >= 0.3 is 0 Å². The van der Waals surface area contributed by atoms with E-state index < -0.39 is 0 Å². The van der Waals surface area contributed by atoms with Crippen LogP contribution in [-0.2, 0) is 6.42 Å². The van der Waals surface area contributed by atoms with Crippen molar-refractivity contribution in [2.45, 2.75) is 6.42 Å². The summed E-state index contributed by atoms with van der Waals surface area (Å²) in [5.41, 5.74) is 12.5. The molecule has 0 fully saturated rings. The monoisotopic (exact) mass is 624 g/mol. The van der Waals surface area contributed by atoms with Gasteiger partial charge in [-0.1, -0.05) is 127 Å². The highest BCUT2D eigenvalue weighted by atomic mass is 15.0. The molecule has 1 aliphatic heterocycles. The summed E-state index contributed by atoms with van der Waals surface area (Å²) in [6, 6.07) is 60.1. The second-order valence-electron chi connectivity index (χ2n) is 13.0. The van der Waals surface area contributed by atoms with Gasteiger partial charge < -0.3 is 4.57 Å². The summed E-state index contributed by atoms with van der Waals surface area (Å²) in [7, 11) is 0. The number of benzene rings is 8. The molecular formula is C47H32N2. The number of hydrogen-bond donors (Lipinski definition) is 0. The highest BCUT2D eigenvalue weighted by Gasteiger charge is 2.21. The van der Waals surface area contributed by atoms with E-state index in [1.807, 2.05) is 0 Å². The van der Waals surface area contributed by atoms with Gasteiger partial charge in [0.2, 0.25) is 0 Å². The number of aliphatic imine (C=N–C) groups is 1. The van der Waals surface area contributed by atoms with Crippen molar-refractivity contribution in [3.05, 3.63) is 175 Å². The molecule has 0 radical (unpaired) electrons. The molecule has 9 aromatic rings. The normalized spacial score (nSPS) is 12.7. The van der Waals surface area contributed by atoms with Gasteiger partial charge in [0.05, 0.1) is 5.52 Å². The first-order valence-electron chi connectivity index (χ1n) is 17.1. The summed E-state index contributed by atoms with van der Waals surface area (Å²) < 4.78 is 2.42. The van der Waals surface area contributed by atoms with E-state index in [-0.39, 0.29) is 0 Å². The minimum atomic E-state index is 0.826. The van der Waals surface area contributed by atoms with Crippen LogP contribution in [0.3, 0.4) is 0 Å². The van der Waals surface area contributed by atoms with Crippen LogP contribution in [0.25, 0.3) is 82.3 Å². The SMILES string of the molecule is C1=NCCc2c1c1cc(-c3cccc(-c4c5ccccc5c(-c5ccc6ccccc6c5)c5ccccc45)c3)ccc1n2-c1ccccc1. The predicted molar refractivity (Wildman–Crippen MR) is 208 cm³/mol. The molecule has 1 aliphatic rings. The molecular weight excluding hydrogens is 593 g/mol. The van der Waals surface area contributed by atoms with Crippen molar-refractivity contribution in [3.8, 4) is 39.1 Å². The molecule has 0 N–H and O–H groups in total. The quantitative estimate of drug-likeness (QED) is 0.173. The summed E-state index contributed by atoms with van der Waals surface area (Å²) in [6.07, 6.45) is 3.02. The van der Waals surface area contributed by atoms with Crippen LogP contribution in [0.15, 0.2) is 169 Å². The van der Waals surface area contributed by atoms with E-state index in [0.29, 0.717) is 0 Å². The van der Waals surface area contributed by atoms with E-state index in [2.05, 4.69) is 175 Å². The summed E-state index contributed by atoms with van der Waals surface area (Å²) in [4.78, 5) is 4.70. The first kappa shape index (κ1) is 27.8. The minimum Gasteiger partial charge on any atom is -0.313 e. The van der Waals surface area contributed by atoms with Gasteiger partial charge in [-0.15, -0.1) is 0 Å². The third-order valence-electron chi connectivity index (χ3n) is 10.3. The Morgan fingerprint density at radius 1 is 0.429 bits per heavy atom. The minimum absolute atomic E-state index is 0.826. The van der Waals surface area contributed by atoms with Crippen molar-refractivity contribution in [1.82, 2.24) is 4.57 Å². The maximum absolute atomic E-state index is 4.70. The third-order valence-corrected chi connectivity index (χ3v) is 10.3. The first-order chi connectivity index (χ1) is 24.3. The Morgan fingerprint density at radius 2 is 1.02 bits per heavy atom. The Morgan fingerprint density at radius 3 is 1.76 bits per heavy atom. The van der Waals surface area contributed by atoms with Crippen LogP contribution in [0.2, 0.25) is 0 Å². The van der Waals surface area contributed by atoms with Crippen molar-refractivity contribution in [2.24, 2.45) is 4.99 Å². The number of nitrogens with zero attached hydrogens (tertiary/aromatic N) is 2. The number of para-hydroxylation sites is 1. The van der Waals surface area contributed by atoms with E-state index >= 15 is 0 Å². The zero-order chi connectivity index (χ0) is 32.3. The summed E-state index contributed by atoms with van der Waals surface area (Å²) in [5, 5.41) is 8.84. The van der Waals surface area contributed by atoms with Crippen molar-refractivity contribution < 1.29 is 0 Å². The Balaban J connectivity index is 1.17. The van der Waals surface area contributed by atoms with E-state index in [0.717, 1.165) is 13.0 Å². The van der Waals surface area contributed by atoms with Gasteiger partial charge in [0, 0.05) is 41.5 Å². The fourth-order valence-corrected chi connectivity index (χ4v) is 8.09. The molecule has 0 amide bonds. The van der Waals surface area contributed by atoms with Crippen LogP contribution in [0, 0.1) is 0 Å². The number of hydrogen-bond acceptors (Lipinski definition) is 1. The lowest BCUT2D eigenvalue weighted by molar-refractivity contribution is 0.875. The van der Waals surface area contributed by atoms with Gasteiger partial charge in [-0.05, 0) is 102 Å². The molecule has 1 aromatic heterocycles. The van der Waals surface area contributed by atoms with Crippen LogP contribution < -0.4 is 0 Å². The molecule has 0 spiro atoms. The highest BCUT2D eigenvalue weighted by molar-refractivity contribution is 6.22. The smallest absolute Gasteiger partial charge is 0.0538 e. The first-order valence-corrected chi connectivity index (χ1v) is 17.1. The molecule has 0 aliphatic carbocycles. The molecule has 230 valence electrons. The van der Waals surface area contributed by atoms with Crippen molar-refractivity contribution in [2.75, 3.05) is 6.54 Å². The molecule has 0 unspecified atom stereocenters. The molecule has 2 heterocycles. The van der Waals surface area contributed by atoms with Crippen LogP contribution >= 0.6 is 0 Å². The van der Waals surface area contributed by atoms with Gasteiger partial charge in [0.25, 0.3) is 0 Å². The molecule has 0 saturated carbocycles. The molecule has 0 saturated heterocycles. The maximum Gasteiger partial charge on any atom is 0.0538 e. The Kier molecular flexibility index (Phi) is 6.35. The lowest BCUT2D eigenvalue weighted by Crippen LogP contribution is -2.07. The van der Waals surface area contributed by atoms with Crippen LogP contribution in [0.5, 0.6) is 0 Å². The average Bonchev–Trinajstić information content (AvgIpc) is 3.51. The lowest BCUT2D eigenvalue weighted by Gasteiger charge is -2.18. The molecule has 10 rings (SSSR count). The standard InChI is InChI=1S/C47H32N2/c1-2-15-37(16-3-1)49-44-24-23-34(29-42(44)43-30-48-26-25-45(43)49)33-13-10-14-35(28-33)46-38-17-6-8-19-40(38)47(41-20-9-7-18-39(41)46)36-22-21-31-11-4-5-12-32(31)27-36/h1-24,27-30H,25-26H2. The van der Waals surface area contributed by atoms with E-state index in [1.165, 1.54) is 93.5 Å². The van der Waals surface area contributed by atoms with E-state index in [4.69, 9.17) is 4.99 Å². The number of aromatic nitrogens is 1. The predicted octanol–water partition coefficient (Wildman–Crippen LogP) is 12.1. The topological polar surface area (TPSA) is 17.3 Å². The van der Waals surface area contributed by atoms with E-state index in [9.17, 15) is 0 Å². The third kappa shape index (κ3) is 4.45. The average molecular weight is 625 g/mol. The fraction of sp³-hybridized carbons (Fsp3) is 0.0426. The Bertz CT molecular complexity index is 2710. The Hall–Kier alpha value is -6.25. The molecule has 2 nitrogen and oxygen atoms in total. The van der Waals surface area contributed by atoms with E-state index in [1.54, 1.807) is 0 Å². The zero-order valence-corrected chi connectivity index (χ0v) is 27.0. The van der Waals surface area contributed by atoms with Crippen LogP contribution in [0.1, 0.15) is 11.3 Å². The Labute approximate surface area is 285 Å². The van der Waals surface area contributed by atoms with Gasteiger partial charge in [0.1, 0.15) is 0 Å². The summed E-state index contributed by atoms with van der Waals surface area (Å²) in [5.74, 6) is 0. The lowest BCUT2D eigenvalue weighted by atomic mass is 9.85. The molecule has 0 bridgehead atoms. The molecule has 8 aromatic carbocycles. The number of rotatable bonds is 4. The summed E-state index contributed by atoms with van der Waals surface area (Å²) >= 11 is 0.